The van der Waals surface area contributed by atoms with Gasteiger partial charge in [-0.3, -0.25) is 9.48 Å². The molecule has 0 N–H and O–H groups in total. The van der Waals surface area contributed by atoms with Crippen LogP contribution in [0.25, 0.3) is 22.0 Å². The Kier molecular flexibility index (Phi) is 7.55. The molecule has 0 fully saturated rings. The van der Waals surface area contributed by atoms with Crippen LogP contribution in [0.3, 0.4) is 0 Å². The van der Waals surface area contributed by atoms with Crippen molar-refractivity contribution in [1.82, 2.24) is 14.3 Å². The first kappa shape index (κ1) is 25.9. The smallest absolute Gasteiger partial charge is 0.166 e. The Morgan fingerprint density at radius 3 is 2.82 bits per heavy atom. The lowest BCUT2D eigenvalue weighted by Gasteiger charge is -2.19. The monoisotopic (exact) mass is 525 g/mol. The number of rotatable bonds is 7. The number of carbonyl (C=O) groups is 1. The number of hydrogen-bond acceptors (Lipinski definition) is 4. The highest BCUT2D eigenvalue weighted by atomic mass is 16.5. The van der Waals surface area contributed by atoms with Crippen molar-refractivity contribution in [3.63, 3.8) is 0 Å². The fourth-order valence-electron chi connectivity index (χ4n) is 6.63. The van der Waals surface area contributed by atoms with Gasteiger partial charge in [0.1, 0.15) is 5.75 Å². The molecule has 6 heteroatoms. The fourth-order valence-corrected chi connectivity index (χ4v) is 6.63. The molecule has 1 aliphatic heterocycles. The zero-order valence-corrected chi connectivity index (χ0v) is 23.3. The summed E-state index contributed by atoms with van der Waals surface area (Å²) in [5.41, 5.74) is 10.4. The van der Waals surface area contributed by atoms with E-state index in [-0.39, 0.29) is 0 Å². The van der Waals surface area contributed by atoms with E-state index < -0.39 is 0 Å². The van der Waals surface area contributed by atoms with Gasteiger partial charge in [0.15, 0.2) is 6.29 Å². The van der Waals surface area contributed by atoms with E-state index in [1.165, 1.54) is 29.4 Å². The average Bonchev–Trinajstić information content (AvgIpc) is 3.44. The van der Waals surface area contributed by atoms with Gasteiger partial charge in [-0.1, -0.05) is 37.3 Å². The van der Waals surface area contributed by atoms with Gasteiger partial charge >= 0.3 is 0 Å². The molecule has 0 bridgehead atoms. The number of hydrogen-bond donors (Lipinski definition) is 0. The van der Waals surface area contributed by atoms with Crippen LogP contribution in [-0.4, -0.2) is 33.8 Å². The Hall–Kier alpha value is -3.38. The zero-order valence-electron chi connectivity index (χ0n) is 23.3. The summed E-state index contributed by atoms with van der Waals surface area (Å²) in [6.45, 7) is 4.85. The summed E-state index contributed by atoms with van der Waals surface area (Å²) in [6.07, 6.45) is 10.3. The molecule has 0 atom stereocenters. The predicted octanol–water partition coefficient (Wildman–Crippen LogP) is 6.62. The third-order valence-electron chi connectivity index (χ3n) is 8.53. The quantitative estimate of drug-likeness (QED) is 0.201. The van der Waals surface area contributed by atoms with Gasteiger partial charge in [-0.2, -0.15) is 5.10 Å². The summed E-state index contributed by atoms with van der Waals surface area (Å²) in [5, 5.41) is 6.02. The second kappa shape index (κ2) is 11.4. The van der Waals surface area contributed by atoms with Crippen molar-refractivity contribution in [3.8, 4) is 16.9 Å². The second-order valence-corrected chi connectivity index (χ2v) is 10.9. The highest BCUT2D eigenvalue weighted by Crippen LogP contribution is 2.39. The van der Waals surface area contributed by atoms with E-state index in [2.05, 4.69) is 47.9 Å². The van der Waals surface area contributed by atoms with Crippen LogP contribution < -0.4 is 4.74 Å². The number of ether oxygens (including phenoxy) is 2. The third-order valence-corrected chi connectivity index (χ3v) is 8.53. The number of para-hydroxylation sites is 1. The summed E-state index contributed by atoms with van der Waals surface area (Å²) in [7, 11) is 2.01. The number of benzene rings is 2. The van der Waals surface area contributed by atoms with Gasteiger partial charge in [-0.25, -0.2) is 0 Å². The van der Waals surface area contributed by atoms with Crippen LogP contribution in [0.2, 0.25) is 0 Å². The molecule has 1 aliphatic carbocycles. The number of aryl methyl sites for hydroxylation is 5. The summed E-state index contributed by atoms with van der Waals surface area (Å²) in [4.78, 5) is 12.6. The van der Waals surface area contributed by atoms with Crippen LogP contribution in [0.15, 0.2) is 36.4 Å². The predicted molar refractivity (Wildman–Crippen MR) is 155 cm³/mol. The van der Waals surface area contributed by atoms with Crippen LogP contribution in [0.5, 0.6) is 5.75 Å². The number of carbonyl (C=O) groups excluding carboxylic acids is 1. The van der Waals surface area contributed by atoms with Gasteiger partial charge in [0, 0.05) is 36.7 Å². The maximum atomic E-state index is 12.6. The minimum Gasteiger partial charge on any atom is -0.493 e. The molecule has 0 radical (unpaired) electrons. The van der Waals surface area contributed by atoms with Gasteiger partial charge < -0.3 is 14.0 Å². The second-order valence-electron chi connectivity index (χ2n) is 10.9. The van der Waals surface area contributed by atoms with Gasteiger partial charge in [0.25, 0.3) is 0 Å². The molecule has 39 heavy (non-hydrogen) atoms. The Balaban J connectivity index is 1.36. The standard InChI is InChI=1S/C33H39N3O3/c1-3-28-32-27-15-9-14-26-25(16-10-20-39-31-17-8-12-23-11-4-5-13-24(23)31)29(21-37)36(33(26)27)18-6-7-19-38-22-30(32)35(2)34-28/h8-9,12,14-15,17,21H,3-7,10-11,13,16,18-20,22H2,1-2H3. The normalized spacial score (nSPS) is 15.4. The topological polar surface area (TPSA) is 58.3 Å². The average molecular weight is 526 g/mol. The van der Waals surface area contributed by atoms with Crippen molar-refractivity contribution < 1.29 is 14.3 Å². The molecule has 0 amide bonds. The van der Waals surface area contributed by atoms with Crippen molar-refractivity contribution in [1.29, 1.82) is 0 Å². The maximum absolute atomic E-state index is 12.6. The number of aldehydes is 1. The minimum atomic E-state index is 0.545. The lowest BCUT2D eigenvalue weighted by atomic mass is 9.91. The molecule has 0 unspecified atom stereocenters. The third kappa shape index (κ3) is 4.80. The SMILES string of the molecule is CCc1nn(C)c2c1-c1cccc3c(CCCOc4cccc5c4CCCC5)c(C=O)n(c13)CCCCOC2. The van der Waals surface area contributed by atoms with E-state index >= 15 is 0 Å². The Morgan fingerprint density at radius 2 is 1.95 bits per heavy atom. The largest absolute Gasteiger partial charge is 0.493 e. The van der Waals surface area contributed by atoms with Gasteiger partial charge in [0.05, 0.1) is 35.8 Å². The first-order valence-electron chi connectivity index (χ1n) is 14.7. The van der Waals surface area contributed by atoms with E-state index in [0.29, 0.717) is 19.8 Å². The van der Waals surface area contributed by atoms with Gasteiger partial charge in [0.2, 0.25) is 0 Å². The van der Waals surface area contributed by atoms with Gasteiger partial charge in [-0.15, -0.1) is 0 Å². The molecule has 6 nitrogen and oxygen atoms in total. The first-order chi connectivity index (χ1) is 19.2. The molecule has 0 saturated heterocycles. The summed E-state index contributed by atoms with van der Waals surface area (Å²) >= 11 is 0. The van der Waals surface area contributed by atoms with E-state index in [9.17, 15) is 4.79 Å². The van der Waals surface area contributed by atoms with Crippen LogP contribution >= 0.6 is 0 Å². The molecule has 4 aromatic rings. The molecule has 2 aromatic heterocycles. The summed E-state index contributed by atoms with van der Waals surface area (Å²) < 4.78 is 16.6. The highest BCUT2D eigenvalue weighted by Gasteiger charge is 2.25. The highest BCUT2D eigenvalue weighted by molar-refractivity contribution is 6.02. The van der Waals surface area contributed by atoms with Crippen LogP contribution in [0.4, 0.5) is 0 Å². The molecule has 3 heterocycles. The molecule has 0 saturated carbocycles. The Bertz CT molecular complexity index is 1500. The molecule has 204 valence electrons. The lowest BCUT2D eigenvalue weighted by molar-refractivity contribution is 0.110. The van der Waals surface area contributed by atoms with E-state index in [1.54, 1.807) is 0 Å². The Morgan fingerprint density at radius 1 is 1.08 bits per heavy atom. The van der Waals surface area contributed by atoms with E-state index in [1.807, 2.05) is 11.7 Å². The van der Waals surface area contributed by atoms with E-state index in [4.69, 9.17) is 14.6 Å². The van der Waals surface area contributed by atoms with Gasteiger partial charge in [-0.05, 0) is 80.5 Å². The van der Waals surface area contributed by atoms with Crippen molar-refractivity contribution >= 4 is 17.2 Å². The summed E-state index contributed by atoms with van der Waals surface area (Å²) in [6, 6.07) is 13.0. The van der Waals surface area contributed by atoms with Crippen LogP contribution in [-0.2, 0) is 50.6 Å². The molecular formula is C33H39N3O3. The molecular weight excluding hydrogens is 486 g/mol. The Labute approximate surface area is 230 Å². The van der Waals surface area contributed by atoms with Crippen molar-refractivity contribution in [2.45, 2.75) is 77.9 Å². The fraction of sp³-hybridized carbons (Fsp3) is 0.455. The van der Waals surface area contributed by atoms with Crippen LogP contribution in [0.1, 0.15) is 77.6 Å². The first-order valence-corrected chi connectivity index (χ1v) is 14.7. The van der Waals surface area contributed by atoms with E-state index in [0.717, 1.165) is 103 Å². The van der Waals surface area contributed by atoms with Crippen LogP contribution in [0, 0.1) is 0 Å². The van der Waals surface area contributed by atoms with Crippen molar-refractivity contribution in [3.05, 3.63) is 70.2 Å². The molecule has 2 aliphatic rings. The summed E-state index contributed by atoms with van der Waals surface area (Å²) in [5.74, 6) is 1.04. The molecule has 6 rings (SSSR count). The minimum absolute atomic E-state index is 0.545. The molecule has 0 spiro atoms. The van der Waals surface area contributed by atoms with Crippen molar-refractivity contribution in [2.75, 3.05) is 13.2 Å². The number of nitrogens with zero attached hydrogens (tertiary/aromatic N) is 3. The maximum Gasteiger partial charge on any atom is 0.166 e. The number of fused-ring (bicyclic) bond motifs is 3. The lowest BCUT2D eigenvalue weighted by Crippen LogP contribution is -2.08. The molecule has 2 aromatic carbocycles. The van der Waals surface area contributed by atoms with Crippen molar-refractivity contribution in [2.24, 2.45) is 7.05 Å². The number of aromatic nitrogens is 3. The zero-order chi connectivity index (χ0) is 26.8.